The van der Waals surface area contributed by atoms with E-state index in [4.69, 9.17) is 17.1 Å². The number of halogens is 1. The Hall–Kier alpha value is -5.55. The number of furan rings is 1. The lowest BCUT2D eigenvalue weighted by Crippen LogP contribution is -2.09. The largest absolute Gasteiger partial charge is 0.437 e. The predicted octanol–water partition coefficient (Wildman–Crippen LogP) is 11.6. The standard InChI is InChI=1S/C43H36FN3O/c1-26(2)36-24-30(29-17-19-31(44)20-18-29)25-37(27(3)4)40(36)47-39-16-9-8-15-38(39)46-42(47)35-14-10-13-33-34-22-21-32(45-43(34)48-41(33)35)23-28-11-6-5-7-12-28/h5-22,24-27H,23H2,1-4H3/i23D2. The molecule has 0 bridgehead atoms. The van der Waals surface area contributed by atoms with Gasteiger partial charge < -0.3 is 4.42 Å². The Morgan fingerprint density at radius 3 is 2.15 bits per heavy atom. The lowest BCUT2D eigenvalue weighted by Gasteiger charge is -2.24. The molecule has 0 aliphatic rings. The average Bonchev–Trinajstić information content (AvgIpc) is 3.70. The van der Waals surface area contributed by atoms with Crippen LogP contribution in [0.4, 0.5) is 4.39 Å². The minimum atomic E-state index is -1.80. The van der Waals surface area contributed by atoms with Gasteiger partial charge in [0.05, 0.1) is 22.3 Å². The van der Waals surface area contributed by atoms with Crippen molar-refractivity contribution in [2.24, 2.45) is 0 Å². The van der Waals surface area contributed by atoms with Crippen LogP contribution in [0.2, 0.25) is 0 Å². The summed E-state index contributed by atoms with van der Waals surface area (Å²) in [5.41, 5.74) is 9.90. The average molecular weight is 632 g/mol. The summed E-state index contributed by atoms with van der Waals surface area (Å²) in [6.07, 6.45) is -1.80. The van der Waals surface area contributed by atoms with Crippen molar-refractivity contribution in [1.29, 1.82) is 0 Å². The number of fused-ring (bicyclic) bond motifs is 4. The van der Waals surface area contributed by atoms with E-state index in [0.717, 1.165) is 61.1 Å². The Kier molecular flexibility index (Phi) is 6.84. The summed E-state index contributed by atoms with van der Waals surface area (Å²) in [5, 5.41) is 1.70. The van der Waals surface area contributed by atoms with Crippen LogP contribution in [0.25, 0.3) is 61.3 Å². The Bertz CT molecular complexity index is 2500. The molecule has 8 rings (SSSR count). The maximum absolute atomic E-state index is 13.9. The van der Waals surface area contributed by atoms with Crippen molar-refractivity contribution in [2.45, 2.75) is 45.9 Å². The lowest BCUT2D eigenvalue weighted by atomic mass is 9.88. The molecule has 0 radical (unpaired) electrons. The number of imidazole rings is 1. The predicted molar refractivity (Wildman–Crippen MR) is 194 cm³/mol. The van der Waals surface area contributed by atoms with Gasteiger partial charge in [0.2, 0.25) is 5.71 Å². The molecule has 4 nitrogen and oxygen atoms in total. The van der Waals surface area contributed by atoms with Gasteiger partial charge in [0.15, 0.2) is 0 Å². The molecule has 236 valence electrons. The van der Waals surface area contributed by atoms with Gasteiger partial charge in [0, 0.05) is 25.6 Å². The van der Waals surface area contributed by atoms with Gasteiger partial charge in [-0.15, -0.1) is 0 Å². The quantitative estimate of drug-likeness (QED) is 0.176. The Balaban J connectivity index is 1.38. The second kappa shape index (κ2) is 11.9. The lowest BCUT2D eigenvalue weighted by molar-refractivity contribution is 0.628. The van der Waals surface area contributed by atoms with Crippen molar-refractivity contribution in [1.82, 2.24) is 14.5 Å². The van der Waals surface area contributed by atoms with E-state index in [0.29, 0.717) is 16.9 Å². The Morgan fingerprint density at radius 1 is 0.708 bits per heavy atom. The van der Waals surface area contributed by atoms with E-state index in [1.54, 1.807) is 18.2 Å². The summed E-state index contributed by atoms with van der Waals surface area (Å²) in [7, 11) is 0. The van der Waals surface area contributed by atoms with Gasteiger partial charge in [-0.1, -0.05) is 94.4 Å². The Morgan fingerprint density at radius 2 is 1.42 bits per heavy atom. The molecule has 5 heteroatoms. The maximum Gasteiger partial charge on any atom is 0.227 e. The highest BCUT2D eigenvalue weighted by Crippen LogP contribution is 2.42. The van der Waals surface area contributed by atoms with Crippen LogP contribution in [0, 0.1) is 5.82 Å². The molecule has 0 atom stereocenters. The van der Waals surface area contributed by atoms with Crippen LogP contribution in [-0.2, 0) is 6.37 Å². The first-order valence-corrected chi connectivity index (χ1v) is 16.4. The van der Waals surface area contributed by atoms with E-state index in [9.17, 15) is 4.39 Å². The maximum atomic E-state index is 13.9. The van der Waals surface area contributed by atoms with Gasteiger partial charge in [-0.3, -0.25) is 4.57 Å². The zero-order valence-electron chi connectivity index (χ0n) is 29.3. The summed E-state index contributed by atoms with van der Waals surface area (Å²) in [6, 6.07) is 38.1. The van der Waals surface area contributed by atoms with Gasteiger partial charge >= 0.3 is 0 Å². The minimum absolute atomic E-state index is 0.168. The smallest absolute Gasteiger partial charge is 0.227 e. The van der Waals surface area contributed by atoms with Gasteiger partial charge in [0.25, 0.3) is 0 Å². The first kappa shape index (κ1) is 27.6. The number of hydrogen-bond acceptors (Lipinski definition) is 3. The summed E-state index contributed by atoms with van der Waals surface area (Å²) in [6.45, 7) is 8.81. The highest BCUT2D eigenvalue weighted by molar-refractivity contribution is 6.08. The van der Waals surface area contributed by atoms with Gasteiger partial charge in [0.1, 0.15) is 17.2 Å². The second-order valence-corrected chi connectivity index (χ2v) is 12.9. The molecular formula is C43H36FN3O. The molecule has 48 heavy (non-hydrogen) atoms. The van der Waals surface area contributed by atoms with E-state index >= 15 is 0 Å². The first-order chi connectivity index (χ1) is 24.1. The summed E-state index contributed by atoms with van der Waals surface area (Å²) >= 11 is 0. The minimum Gasteiger partial charge on any atom is -0.437 e. The molecular weight excluding hydrogens is 593 g/mol. The van der Waals surface area contributed by atoms with E-state index in [1.165, 1.54) is 12.1 Å². The number of aromatic nitrogens is 3. The Labute approximate surface area is 282 Å². The van der Waals surface area contributed by atoms with Crippen LogP contribution in [0.3, 0.4) is 0 Å². The van der Waals surface area contributed by atoms with Crippen LogP contribution in [-0.4, -0.2) is 14.5 Å². The molecule has 0 saturated carbocycles. The number of para-hydroxylation sites is 3. The molecule has 8 aromatic rings. The summed E-state index contributed by atoms with van der Waals surface area (Å²) in [5.74, 6) is 0.825. The molecule has 0 N–H and O–H groups in total. The number of benzene rings is 5. The fraction of sp³-hybridized carbons (Fsp3) is 0.163. The van der Waals surface area contributed by atoms with E-state index in [-0.39, 0.29) is 23.3 Å². The van der Waals surface area contributed by atoms with Crippen LogP contribution in [0.5, 0.6) is 0 Å². The van der Waals surface area contributed by atoms with Gasteiger partial charge in [-0.25, -0.2) is 14.4 Å². The topological polar surface area (TPSA) is 43.9 Å². The van der Waals surface area contributed by atoms with E-state index in [1.807, 2.05) is 72.8 Å². The monoisotopic (exact) mass is 631 g/mol. The van der Waals surface area contributed by atoms with Crippen molar-refractivity contribution >= 4 is 33.1 Å². The summed E-state index contributed by atoms with van der Waals surface area (Å²) < 4.78 is 40.6. The van der Waals surface area contributed by atoms with E-state index < -0.39 is 6.37 Å². The number of rotatable bonds is 7. The van der Waals surface area contributed by atoms with Gasteiger partial charge in [-0.05, 0) is 94.3 Å². The molecule has 0 amide bonds. The summed E-state index contributed by atoms with van der Waals surface area (Å²) in [4.78, 5) is 9.99. The zero-order chi connectivity index (χ0) is 34.7. The van der Waals surface area contributed by atoms with Crippen molar-refractivity contribution in [3.8, 4) is 28.2 Å². The van der Waals surface area contributed by atoms with Crippen molar-refractivity contribution in [3.05, 3.63) is 150 Å². The van der Waals surface area contributed by atoms with Crippen LogP contribution < -0.4 is 0 Å². The molecule has 0 aliphatic heterocycles. The number of nitrogens with zero attached hydrogens (tertiary/aromatic N) is 3. The number of pyridine rings is 1. The third-order valence-electron chi connectivity index (χ3n) is 9.03. The normalized spacial score (nSPS) is 12.8. The molecule has 0 aliphatic carbocycles. The van der Waals surface area contributed by atoms with Crippen LogP contribution in [0.1, 0.15) is 64.7 Å². The molecule has 3 aromatic heterocycles. The molecule has 0 fully saturated rings. The zero-order valence-corrected chi connectivity index (χ0v) is 27.3. The highest BCUT2D eigenvalue weighted by Gasteiger charge is 2.25. The fourth-order valence-electron chi connectivity index (χ4n) is 6.65. The molecule has 3 heterocycles. The SMILES string of the molecule is [2H]C([2H])(c1ccccc1)c1ccc2c(n1)oc1c(-c3nc4ccccc4n3-c3c(C(C)C)cc(-c4ccc(F)cc4)cc3C(C)C)cccc12. The van der Waals surface area contributed by atoms with Crippen molar-refractivity contribution in [3.63, 3.8) is 0 Å². The van der Waals surface area contributed by atoms with Gasteiger partial charge in [-0.2, -0.15) is 0 Å². The highest BCUT2D eigenvalue weighted by atomic mass is 19.1. The first-order valence-electron chi connectivity index (χ1n) is 17.4. The van der Waals surface area contributed by atoms with Crippen molar-refractivity contribution < 1.29 is 11.5 Å². The van der Waals surface area contributed by atoms with Crippen molar-refractivity contribution in [2.75, 3.05) is 0 Å². The molecule has 0 spiro atoms. The molecule has 5 aromatic carbocycles. The van der Waals surface area contributed by atoms with E-state index in [2.05, 4.69) is 50.5 Å². The fourth-order valence-corrected chi connectivity index (χ4v) is 6.65. The van der Waals surface area contributed by atoms with Crippen LogP contribution >= 0.6 is 0 Å². The molecule has 0 unspecified atom stereocenters. The van der Waals surface area contributed by atoms with Crippen LogP contribution in [0.15, 0.2) is 126 Å². The third-order valence-corrected chi connectivity index (χ3v) is 9.03. The third kappa shape index (κ3) is 5.16. The molecule has 0 saturated heterocycles. The number of hydrogen-bond donors (Lipinski definition) is 0. The second-order valence-electron chi connectivity index (χ2n) is 12.9.